The van der Waals surface area contributed by atoms with Crippen LogP contribution < -0.4 is 0 Å². The van der Waals surface area contributed by atoms with Crippen molar-refractivity contribution in [3.05, 3.63) is 21.9 Å². The molecule has 0 aliphatic heterocycles. The zero-order valence-corrected chi connectivity index (χ0v) is 9.22. The van der Waals surface area contributed by atoms with Gasteiger partial charge in [0.15, 0.2) is 5.78 Å². The Labute approximate surface area is 85.0 Å². The fourth-order valence-corrected chi connectivity index (χ4v) is 3.56. The Kier molecular flexibility index (Phi) is 2.22. The summed E-state index contributed by atoms with van der Waals surface area (Å²) in [7, 11) is 0. The van der Waals surface area contributed by atoms with Crippen LogP contribution in [0.3, 0.4) is 0 Å². The van der Waals surface area contributed by atoms with Gasteiger partial charge in [-0.3, -0.25) is 4.79 Å². The van der Waals surface area contributed by atoms with E-state index in [4.69, 9.17) is 0 Å². The van der Waals surface area contributed by atoms with Crippen LogP contribution in [-0.2, 0) is 6.42 Å². The largest absolute Gasteiger partial charge is 0.294 e. The van der Waals surface area contributed by atoms with Gasteiger partial charge >= 0.3 is 0 Å². The molecule has 0 atom stereocenters. The van der Waals surface area contributed by atoms with Crippen LogP contribution in [-0.4, -0.2) is 5.78 Å². The van der Waals surface area contributed by atoms with Crippen LogP contribution in [0.4, 0.5) is 0 Å². The first-order chi connectivity index (χ1) is 6.20. The Balaban J connectivity index is 2.54. The molecule has 0 unspecified atom stereocenters. The fourth-order valence-electron chi connectivity index (χ4n) is 1.24. The number of carbonyl (C=O) groups is 1. The van der Waals surface area contributed by atoms with E-state index in [1.54, 1.807) is 29.6 Å². The third kappa shape index (κ3) is 1.54. The highest BCUT2D eigenvalue weighted by molar-refractivity contribution is 7.39. The van der Waals surface area contributed by atoms with E-state index in [1.165, 1.54) is 14.3 Å². The zero-order valence-electron chi connectivity index (χ0n) is 7.59. The van der Waals surface area contributed by atoms with E-state index in [0.29, 0.717) is 0 Å². The molecule has 0 radical (unpaired) electrons. The molecular formula is C10H10OS2. The lowest BCUT2D eigenvalue weighted by Gasteiger charge is -1.84. The monoisotopic (exact) mass is 210 g/mol. The number of aryl methyl sites for hydroxylation is 1. The first-order valence-corrected chi connectivity index (χ1v) is 5.87. The fraction of sp³-hybridized carbons (Fsp3) is 0.300. The maximum absolute atomic E-state index is 11.1. The van der Waals surface area contributed by atoms with Gasteiger partial charge in [0.2, 0.25) is 0 Å². The summed E-state index contributed by atoms with van der Waals surface area (Å²) in [6.45, 7) is 3.78. The SMILES string of the molecule is CCc1cc2cc(C(C)=O)sc2s1. The van der Waals surface area contributed by atoms with E-state index in [0.717, 1.165) is 11.3 Å². The van der Waals surface area contributed by atoms with E-state index < -0.39 is 0 Å². The molecule has 2 aromatic rings. The van der Waals surface area contributed by atoms with Crippen molar-refractivity contribution in [3.63, 3.8) is 0 Å². The van der Waals surface area contributed by atoms with E-state index in [9.17, 15) is 4.79 Å². The average Bonchev–Trinajstić information content (AvgIpc) is 2.58. The average molecular weight is 210 g/mol. The van der Waals surface area contributed by atoms with Crippen LogP contribution in [0.2, 0.25) is 0 Å². The van der Waals surface area contributed by atoms with Crippen molar-refractivity contribution in [3.8, 4) is 0 Å². The molecule has 1 nitrogen and oxygen atoms in total. The molecule has 68 valence electrons. The maximum atomic E-state index is 11.1. The first-order valence-electron chi connectivity index (χ1n) is 4.24. The molecule has 3 heteroatoms. The lowest BCUT2D eigenvalue weighted by molar-refractivity contribution is 0.102. The highest BCUT2D eigenvalue weighted by Gasteiger charge is 2.08. The highest BCUT2D eigenvalue weighted by Crippen LogP contribution is 2.33. The molecule has 0 fully saturated rings. The highest BCUT2D eigenvalue weighted by atomic mass is 32.2. The Hall–Kier alpha value is -0.670. The second-order valence-electron chi connectivity index (χ2n) is 2.98. The smallest absolute Gasteiger partial charge is 0.169 e. The molecule has 0 saturated carbocycles. The molecule has 0 aliphatic rings. The molecule has 0 aromatic carbocycles. The predicted octanol–water partition coefficient (Wildman–Crippen LogP) is 3.73. The van der Waals surface area contributed by atoms with Crippen molar-refractivity contribution in [1.82, 2.24) is 0 Å². The van der Waals surface area contributed by atoms with E-state index in [1.807, 2.05) is 6.07 Å². The zero-order chi connectivity index (χ0) is 9.42. The van der Waals surface area contributed by atoms with Gasteiger partial charge in [0.25, 0.3) is 0 Å². The molecule has 0 aliphatic carbocycles. The minimum Gasteiger partial charge on any atom is -0.294 e. The molecule has 0 saturated heterocycles. The van der Waals surface area contributed by atoms with Crippen LogP contribution in [0.25, 0.3) is 9.40 Å². The molecule has 0 N–H and O–H groups in total. The second-order valence-corrected chi connectivity index (χ2v) is 5.42. The molecule has 0 amide bonds. The number of hydrogen-bond donors (Lipinski definition) is 0. The van der Waals surface area contributed by atoms with Crippen molar-refractivity contribution in [2.24, 2.45) is 0 Å². The third-order valence-corrected chi connectivity index (χ3v) is 4.60. The summed E-state index contributed by atoms with van der Waals surface area (Å²) >= 11 is 3.41. The number of fused-ring (bicyclic) bond motifs is 1. The topological polar surface area (TPSA) is 17.1 Å². The summed E-state index contributed by atoms with van der Waals surface area (Å²) in [5.41, 5.74) is 0. The number of thiophene rings is 2. The number of ketones is 1. The van der Waals surface area contributed by atoms with Gasteiger partial charge in [0.1, 0.15) is 0 Å². The van der Waals surface area contributed by atoms with Crippen LogP contribution >= 0.6 is 22.7 Å². The lowest BCUT2D eigenvalue weighted by atomic mass is 10.3. The number of carbonyl (C=O) groups excluding carboxylic acids is 1. The summed E-state index contributed by atoms with van der Waals surface area (Å²) in [5, 5.41) is 1.23. The maximum Gasteiger partial charge on any atom is 0.169 e. The quantitative estimate of drug-likeness (QED) is 0.690. The minimum absolute atomic E-state index is 0.173. The number of rotatable bonds is 2. The van der Waals surface area contributed by atoms with Crippen LogP contribution in [0.1, 0.15) is 28.4 Å². The summed E-state index contributed by atoms with van der Waals surface area (Å²) < 4.78 is 1.28. The Morgan fingerprint density at radius 3 is 2.69 bits per heavy atom. The molecule has 0 bridgehead atoms. The van der Waals surface area contributed by atoms with Gasteiger partial charge in [-0.25, -0.2) is 0 Å². The van der Waals surface area contributed by atoms with Gasteiger partial charge in [-0.1, -0.05) is 6.92 Å². The molecule has 13 heavy (non-hydrogen) atoms. The van der Waals surface area contributed by atoms with Crippen molar-refractivity contribution < 1.29 is 4.79 Å². The molecule has 2 heterocycles. The molecule has 2 rings (SSSR count). The van der Waals surface area contributed by atoms with Gasteiger partial charge in [-0.15, -0.1) is 22.7 Å². The van der Waals surface area contributed by atoms with Crippen molar-refractivity contribution >= 4 is 37.9 Å². The van der Waals surface area contributed by atoms with Crippen LogP contribution in [0.5, 0.6) is 0 Å². The molecule has 0 spiro atoms. The van der Waals surface area contributed by atoms with Gasteiger partial charge in [0, 0.05) is 10.3 Å². The van der Waals surface area contributed by atoms with Crippen LogP contribution in [0.15, 0.2) is 12.1 Å². The van der Waals surface area contributed by atoms with E-state index in [-0.39, 0.29) is 5.78 Å². The summed E-state index contributed by atoms with van der Waals surface area (Å²) in [4.78, 5) is 13.4. The molecular weight excluding hydrogens is 200 g/mol. The summed E-state index contributed by atoms with van der Waals surface area (Å²) in [6, 6.07) is 4.18. The van der Waals surface area contributed by atoms with Gasteiger partial charge in [-0.05, 0) is 25.5 Å². The van der Waals surface area contributed by atoms with Crippen molar-refractivity contribution in [1.29, 1.82) is 0 Å². The predicted molar refractivity (Wildman–Crippen MR) is 59.1 cm³/mol. The number of hydrogen-bond acceptors (Lipinski definition) is 3. The lowest BCUT2D eigenvalue weighted by Crippen LogP contribution is -1.83. The van der Waals surface area contributed by atoms with Gasteiger partial charge < -0.3 is 0 Å². The molecule has 2 aromatic heterocycles. The Morgan fingerprint density at radius 1 is 1.38 bits per heavy atom. The normalized spacial score (nSPS) is 10.9. The second kappa shape index (κ2) is 3.24. The van der Waals surface area contributed by atoms with Crippen LogP contribution in [0, 0.1) is 0 Å². The van der Waals surface area contributed by atoms with Crippen molar-refractivity contribution in [2.75, 3.05) is 0 Å². The Morgan fingerprint density at radius 2 is 2.15 bits per heavy atom. The van der Waals surface area contributed by atoms with E-state index >= 15 is 0 Å². The summed E-state index contributed by atoms with van der Waals surface area (Å²) in [6.07, 6.45) is 1.08. The third-order valence-electron chi connectivity index (χ3n) is 1.96. The van der Waals surface area contributed by atoms with Gasteiger partial charge in [0.05, 0.1) is 8.89 Å². The number of Topliss-reactive ketones (excluding diaryl/α,β-unsaturated/α-hetero) is 1. The minimum atomic E-state index is 0.173. The van der Waals surface area contributed by atoms with Crippen molar-refractivity contribution in [2.45, 2.75) is 20.3 Å². The van der Waals surface area contributed by atoms with E-state index in [2.05, 4.69) is 13.0 Å². The standard InChI is InChI=1S/C10H10OS2/c1-3-8-4-7-5-9(6(2)11)13-10(7)12-8/h4-5H,3H2,1-2H3. The first kappa shape index (κ1) is 8.91. The summed E-state index contributed by atoms with van der Waals surface area (Å²) in [5.74, 6) is 0.173. The Bertz CT molecular complexity index is 419. The van der Waals surface area contributed by atoms with Gasteiger partial charge in [-0.2, -0.15) is 0 Å².